The van der Waals surface area contributed by atoms with Crippen molar-refractivity contribution < 1.29 is 4.79 Å². The third-order valence-electron chi connectivity index (χ3n) is 3.34. The topological polar surface area (TPSA) is 32.3 Å². The van der Waals surface area contributed by atoms with Crippen molar-refractivity contribution >= 4 is 11.7 Å². The number of carbonyl (C=O) groups is 1. The van der Waals surface area contributed by atoms with E-state index in [0.29, 0.717) is 0 Å². The maximum Gasteiger partial charge on any atom is 0.322 e. The molecule has 1 aliphatic rings. The molecule has 17 heavy (non-hydrogen) atoms. The number of aryl methyl sites for hydroxylation is 1. The van der Waals surface area contributed by atoms with Crippen LogP contribution in [0.3, 0.4) is 0 Å². The van der Waals surface area contributed by atoms with Gasteiger partial charge in [0, 0.05) is 18.3 Å². The van der Waals surface area contributed by atoms with E-state index in [4.69, 9.17) is 0 Å². The summed E-state index contributed by atoms with van der Waals surface area (Å²) in [5.74, 6) is 0. The van der Waals surface area contributed by atoms with Gasteiger partial charge in [0.1, 0.15) is 0 Å². The summed E-state index contributed by atoms with van der Waals surface area (Å²) in [7, 11) is 0. The van der Waals surface area contributed by atoms with Crippen LogP contribution in [0.25, 0.3) is 0 Å². The van der Waals surface area contributed by atoms with E-state index in [1.807, 2.05) is 30.0 Å². The molecule has 0 saturated heterocycles. The molecule has 0 aliphatic carbocycles. The second kappa shape index (κ2) is 5.21. The molecule has 0 spiro atoms. The van der Waals surface area contributed by atoms with Gasteiger partial charge in [-0.3, -0.25) is 4.90 Å². The number of rotatable bonds is 2. The molecule has 1 atom stereocenters. The Hall–Kier alpha value is -1.51. The molecule has 3 nitrogen and oxygen atoms in total. The first-order chi connectivity index (χ1) is 8.22. The predicted molar refractivity (Wildman–Crippen MR) is 70.4 cm³/mol. The Morgan fingerprint density at radius 1 is 1.47 bits per heavy atom. The van der Waals surface area contributed by atoms with Crippen LogP contribution in [0.2, 0.25) is 0 Å². The number of hydrogen-bond donors (Lipinski definition) is 1. The molecular formula is C14H20N2O. The molecular weight excluding hydrogens is 212 g/mol. The van der Waals surface area contributed by atoms with Gasteiger partial charge in [-0.25, -0.2) is 4.79 Å². The Morgan fingerprint density at radius 3 is 3.00 bits per heavy atom. The van der Waals surface area contributed by atoms with Crippen molar-refractivity contribution in [2.24, 2.45) is 0 Å². The molecule has 1 N–H and O–H groups in total. The Kier molecular flexibility index (Phi) is 3.67. The van der Waals surface area contributed by atoms with E-state index in [2.05, 4.69) is 18.3 Å². The van der Waals surface area contributed by atoms with Crippen LogP contribution < -0.4 is 10.2 Å². The standard InChI is InChI=1S/C14H20N2O/c1-3-11(2)15-14(17)16-10-6-8-12-7-4-5-9-13(12)16/h4-5,7,9,11H,3,6,8,10H2,1-2H3,(H,15,17). The van der Waals surface area contributed by atoms with Gasteiger partial charge in [-0.15, -0.1) is 0 Å². The molecule has 2 amide bonds. The Labute approximate surface area is 103 Å². The van der Waals surface area contributed by atoms with E-state index >= 15 is 0 Å². The van der Waals surface area contributed by atoms with E-state index in [-0.39, 0.29) is 12.1 Å². The summed E-state index contributed by atoms with van der Waals surface area (Å²) in [6, 6.07) is 8.44. The second-order valence-electron chi connectivity index (χ2n) is 4.64. The van der Waals surface area contributed by atoms with Crippen molar-refractivity contribution in [2.75, 3.05) is 11.4 Å². The van der Waals surface area contributed by atoms with Gasteiger partial charge in [0.25, 0.3) is 0 Å². The lowest BCUT2D eigenvalue weighted by Crippen LogP contribution is -2.45. The summed E-state index contributed by atoms with van der Waals surface area (Å²) in [4.78, 5) is 14.0. The summed E-state index contributed by atoms with van der Waals surface area (Å²) in [6.07, 6.45) is 3.08. The van der Waals surface area contributed by atoms with Crippen LogP contribution in [0.5, 0.6) is 0 Å². The first-order valence-corrected chi connectivity index (χ1v) is 6.38. The lowest BCUT2D eigenvalue weighted by Gasteiger charge is -2.30. The highest BCUT2D eigenvalue weighted by Gasteiger charge is 2.22. The van der Waals surface area contributed by atoms with Gasteiger partial charge >= 0.3 is 6.03 Å². The largest absolute Gasteiger partial charge is 0.335 e. The van der Waals surface area contributed by atoms with E-state index in [1.54, 1.807) is 0 Å². The number of benzene rings is 1. The summed E-state index contributed by atoms with van der Waals surface area (Å²) in [5, 5.41) is 3.03. The first kappa shape index (κ1) is 12.0. The number of hydrogen-bond acceptors (Lipinski definition) is 1. The van der Waals surface area contributed by atoms with Gasteiger partial charge in [0.2, 0.25) is 0 Å². The Morgan fingerprint density at radius 2 is 2.24 bits per heavy atom. The van der Waals surface area contributed by atoms with Gasteiger partial charge in [0.05, 0.1) is 0 Å². The van der Waals surface area contributed by atoms with Crippen LogP contribution in [0, 0.1) is 0 Å². The zero-order chi connectivity index (χ0) is 12.3. The molecule has 0 fully saturated rings. The molecule has 0 aromatic heterocycles. The van der Waals surface area contributed by atoms with Crippen LogP contribution in [-0.4, -0.2) is 18.6 Å². The highest BCUT2D eigenvalue weighted by atomic mass is 16.2. The van der Waals surface area contributed by atoms with Gasteiger partial charge in [-0.2, -0.15) is 0 Å². The average Bonchev–Trinajstić information content (AvgIpc) is 2.37. The number of fused-ring (bicyclic) bond motifs is 1. The second-order valence-corrected chi connectivity index (χ2v) is 4.64. The van der Waals surface area contributed by atoms with E-state index in [0.717, 1.165) is 31.5 Å². The molecule has 92 valence electrons. The zero-order valence-electron chi connectivity index (χ0n) is 10.6. The average molecular weight is 232 g/mol. The van der Waals surface area contributed by atoms with Crippen LogP contribution >= 0.6 is 0 Å². The molecule has 0 radical (unpaired) electrons. The number of anilines is 1. The van der Waals surface area contributed by atoms with Gasteiger partial charge in [-0.1, -0.05) is 25.1 Å². The van der Waals surface area contributed by atoms with Crippen LogP contribution in [0.4, 0.5) is 10.5 Å². The van der Waals surface area contributed by atoms with Crippen molar-refractivity contribution in [3.63, 3.8) is 0 Å². The third kappa shape index (κ3) is 2.60. The van der Waals surface area contributed by atoms with Crippen LogP contribution in [-0.2, 0) is 6.42 Å². The fraction of sp³-hybridized carbons (Fsp3) is 0.500. The molecule has 1 unspecified atom stereocenters. The number of amides is 2. The van der Waals surface area contributed by atoms with Crippen molar-refractivity contribution in [1.82, 2.24) is 5.32 Å². The van der Waals surface area contributed by atoms with Gasteiger partial charge in [0.15, 0.2) is 0 Å². The fourth-order valence-corrected chi connectivity index (χ4v) is 2.14. The van der Waals surface area contributed by atoms with E-state index in [9.17, 15) is 4.79 Å². The molecule has 1 aromatic carbocycles. The normalized spacial score (nSPS) is 16.2. The molecule has 1 aromatic rings. The number of nitrogens with zero attached hydrogens (tertiary/aromatic N) is 1. The molecule has 0 saturated carbocycles. The van der Waals surface area contributed by atoms with Crippen molar-refractivity contribution in [3.05, 3.63) is 29.8 Å². The molecule has 0 bridgehead atoms. The number of urea groups is 1. The molecule has 1 heterocycles. The van der Waals surface area contributed by atoms with Crippen molar-refractivity contribution in [2.45, 2.75) is 39.2 Å². The first-order valence-electron chi connectivity index (χ1n) is 6.38. The summed E-state index contributed by atoms with van der Waals surface area (Å²) < 4.78 is 0. The molecule has 2 rings (SSSR count). The maximum absolute atomic E-state index is 12.1. The minimum absolute atomic E-state index is 0.0338. The highest BCUT2D eigenvalue weighted by Crippen LogP contribution is 2.26. The molecule has 1 aliphatic heterocycles. The lowest BCUT2D eigenvalue weighted by atomic mass is 10.0. The smallest absolute Gasteiger partial charge is 0.322 e. The number of carbonyl (C=O) groups excluding carboxylic acids is 1. The van der Waals surface area contributed by atoms with E-state index < -0.39 is 0 Å². The van der Waals surface area contributed by atoms with Crippen LogP contribution in [0.15, 0.2) is 24.3 Å². The predicted octanol–water partition coefficient (Wildman–Crippen LogP) is 2.95. The SMILES string of the molecule is CCC(C)NC(=O)N1CCCc2ccccc21. The van der Waals surface area contributed by atoms with Crippen molar-refractivity contribution in [3.8, 4) is 0 Å². The zero-order valence-corrected chi connectivity index (χ0v) is 10.6. The van der Waals surface area contributed by atoms with Crippen LogP contribution in [0.1, 0.15) is 32.3 Å². The van der Waals surface area contributed by atoms with Crippen molar-refractivity contribution in [1.29, 1.82) is 0 Å². The third-order valence-corrected chi connectivity index (χ3v) is 3.34. The Bertz CT molecular complexity index is 403. The summed E-state index contributed by atoms with van der Waals surface area (Å²) in [6.45, 7) is 4.93. The highest BCUT2D eigenvalue weighted by molar-refractivity contribution is 5.93. The summed E-state index contributed by atoms with van der Waals surface area (Å²) in [5.41, 5.74) is 2.35. The number of para-hydroxylation sites is 1. The minimum atomic E-state index is 0.0338. The summed E-state index contributed by atoms with van der Waals surface area (Å²) >= 11 is 0. The maximum atomic E-state index is 12.1. The Balaban J connectivity index is 2.15. The van der Waals surface area contributed by atoms with E-state index in [1.165, 1.54) is 5.56 Å². The van der Waals surface area contributed by atoms with Gasteiger partial charge in [-0.05, 0) is 37.8 Å². The fourth-order valence-electron chi connectivity index (χ4n) is 2.14. The quantitative estimate of drug-likeness (QED) is 0.835. The lowest BCUT2D eigenvalue weighted by molar-refractivity contribution is 0.242. The monoisotopic (exact) mass is 232 g/mol. The number of nitrogens with one attached hydrogen (secondary N) is 1. The molecule has 3 heteroatoms. The minimum Gasteiger partial charge on any atom is -0.335 e. The van der Waals surface area contributed by atoms with Gasteiger partial charge < -0.3 is 5.32 Å².